The van der Waals surface area contributed by atoms with Crippen LogP contribution in [-0.4, -0.2) is 39.5 Å². The molecule has 0 saturated carbocycles. The number of aromatic nitrogens is 2. The monoisotopic (exact) mass is 221 g/mol. The van der Waals surface area contributed by atoms with E-state index in [0.29, 0.717) is 11.5 Å². The van der Waals surface area contributed by atoms with E-state index in [2.05, 4.69) is 14.9 Å². The van der Waals surface area contributed by atoms with Gasteiger partial charge in [-0.2, -0.15) is 0 Å². The van der Waals surface area contributed by atoms with E-state index in [1.807, 2.05) is 7.05 Å². The molecule has 1 N–H and O–H groups in total. The Hall–Kier alpha value is -1.49. The van der Waals surface area contributed by atoms with Crippen molar-refractivity contribution in [1.82, 2.24) is 14.9 Å². The van der Waals surface area contributed by atoms with Gasteiger partial charge < -0.3 is 5.11 Å². The van der Waals surface area contributed by atoms with Gasteiger partial charge in [0.25, 0.3) is 0 Å². The van der Waals surface area contributed by atoms with E-state index in [1.165, 1.54) is 6.07 Å². The number of rotatable bonds is 2. The second-order valence-electron chi connectivity index (χ2n) is 4.20. The van der Waals surface area contributed by atoms with Crippen LogP contribution in [0.5, 0.6) is 0 Å². The highest BCUT2D eigenvalue weighted by atomic mass is 16.4. The first-order chi connectivity index (χ1) is 7.58. The van der Waals surface area contributed by atoms with Gasteiger partial charge in [0.05, 0.1) is 6.04 Å². The highest BCUT2D eigenvalue weighted by Gasteiger charge is 2.26. The molecule has 1 fully saturated rings. The quantitative estimate of drug-likeness (QED) is 0.814. The van der Waals surface area contributed by atoms with Gasteiger partial charge in [-0.15, -0.1) is 0 Å². The zero-order chi connectivity index (χ0) is 11.7. The maximum Gasteiger partial charge on any atom is 0.354 e. The summed E-state index contributed by atoms with van der Waals surface area (Å²) in [5.41, 5.74) is 0.797. The Morgan fingerprint density at radius 3 is 2.88 bits per heavy atom. The minimum atomic E-state index is -0.993. The van der Waals surface area contributed by atoms with Crippen LogP contribution in [0.2, 0.25) is 0 Å². The molecule has 16 heavy (non-hydrogen) atoms. The summed E-state index contributed by atoms with van der Waals surface area (Å²) in [4.78, 5) is 21.5. The molecule has 0 radical (unpaired) electrons. The summed E-state index contributed by atoms with van der Waals surface area (Å²) in [5, 5.41) is 8.94. The van der Waals surface area contributed by atoms with Crippen LogP contribution >= 0.6 is 0 Å². The van der Waals surface area contributed by atoms with Gasteiger partial charge >= 0.3 is 5.97 Å². The molecule has 1 aromatic rings. The van der Waals surface area contributed by atoms with Crippen LogP contribution in [-0.2, 0) is 0 Å². The third-order valence-electron chi connectivity index (χ3n) is 2.91. The van der Waals surface area contributed by atoms with Gasteiger partial charge in [0.15, 0.2) is 5.69 Å². The van der Waals surface area contributed by atoms with E-state index >= 15 is 0 Å². The summed E-state index contributed by atoms with van der Waals surface area (Å²) in [6.07, 6.45) is 2.11. The Kier molecular flexibility index (Phi) is 2.87. The van der Waals surface area contributed by atoms with Crippen LogP contribution in [0.3, 0.4) is 0 Å². The summed E-state index contributed by atoms with van der Waals surface area (Å²) in [7, 11) is 2.02. The van der Waals surface area contributed by atoms with Gasteiger partial charge in [0.2, 0.25) is 0 Å². The van der Waals surface area contributed by atoms with E-state index in [-0.39, 0.29) is 11.7 Å². The third-order valence-corrected chi connectivity index (χ3v) is 2.91. The van der Waals surface area contributed by atoms with Crippen molar-refractivity contribution in [2.24, 2.45) is 0 Å². The number of likely N-dealkylation sites (tertiary alicyclic amines) is 1. The molecule has 0 unspecified atom stereocenters. The van der Waals surface area contributed by atoms with Crippen molar-refractivity contribution >= 4 is 5.97 Å². The van der Waals surface area contributed by atoms with Crippen LogP contribution < -0.4 is 0 Å². The van der Waals surface area contributed by atoms with E-state index in [0.717, 1.165) is 19.4 Å². The van der Waals surface area contributed by atoms with Crippen molar-refractivity contribution in [2.75, 3.05) is 13.6 Å². The number of hydrogen-bond donors (Lipinski definition) is 1. The fourth-order valence-electron chi connectivity index (χ4n) is 2.09. The number of nitrogens with zero attached hydrogens (tertiary/aromatic N) is 3. The summed E-state index contributed by atoms with van der Waals surface area (Å²) in [6, 6.07) is 1.67. The topological polar surface area (TPSA) is 66.3 Å². The molecule has 0 aromatic carbocycles. The van der Waals surface area contributed by atoms with E-state index in [4.69, 9.17) is 5.11 Å². The highest BCUT2D eigenvalue weighted by Crippen LogP contribution is 2.28. The number of aryl methyl sites for hydroxylation is 1. The second-order valence-corrected chi connectivity index (χ2v) is 4.20. The normalized spacial score (nSPS) is 21.2. The van der Waals surface area contributed by atoms with Gasteiger partial charge in [-0.1, -0.05) is 0 Å². The molecule has 5 nitrogen and oxygen atoms in total. The number of carbonyl (C=O) groups is 1. The molecule has 86 valence electrons. The summed E-state index contributed by atoms with van der Waals surface area (Å²) in [6.45, 7) is 2.82. The smallest absolute Gasteiger partial charge is 0.354 e. The lowest BCUT2D eigenvalue weighted by atomic mass is 10.2. The lowest BCUT2D eigenvalue weighted by Gasteiger charge is -2.18. The van der Waals surface area contributed by atoms with Crippen molar-refractivity contribution in [3.8, 4) is 0 Å². The molecule has 1 aliphatic heterocycles. The second kappa shape index (κ2) is 4.17. The molecule has 2 rings (SSSR count). The molecular formula is C11H15N3O2. The predicted molar refractivity (Wildman–Crippen MR) is 58.3 cm³/mol. The summed E-state index contributed by atoms with van der Waals surface area (Å²) in [5.74, 6) is -0.357. The van der Waals surface area contributed by atoms with E-state index in [1.54, 1.807) is 6.92 Å². The first-order valence-electron chi connectivity index (χ1n) is 5.37. The van der Waals surface area contributed by atoms with Crippen molar-refractivity contribution in [1.29, 1.82) is 0 Å². The van der Waals surface area contributed by atoms with Crippen LogP contribution in [0, 0.1) is 6.92 Å². The predicted octanol–water partition coefficient (Wildman–Crippen LogP) is 1.25. The first-order valence-corrected chi connectivity index (χ1v) is 5.37. The standard InChI is InChI=1S/C11H15N3O2/c1-7-6-8(11(15)16)13-10(12-7)9-4-3-5-14(9)2/h6,9H,3-5H2,1-2H3,(H,15,16)/t9-/m1/s1. The Bertz CT molecular complexity index is 420. The zero-order valence-corrected chi connectivity index (χ0v) is 9.47. The fourth-order valence-corrected chi connectivity index (χ4v) is 2.09. The Morgan fingerprint density at radius 2 is 2.31 bits per heavy atom. The number of carboxylic acid groups (broad SMARTS) is 1. The zero-order valence-electron chi connectivity index (χ0n) is 9.47. The van der Waals surface area contributed by atoms with Gasteiger partial charge in [-0.05, 0) is 39.4 Å². The average Bonchev–Trinajstić information content (AvgIpc) is 2.63. The van der Waals surface area contributed by atoms with Crippen LogP contribution in [0.4, 0.5) is 0 Å². The first kappa shape index (κ1) is 11.0. The molecule has 1 saturated heterocycles. The number of hydrogen-bond acceptors (Lipinski definition) is 4. The van der Waals surface area contributed by atoms with Crippen LogP contribution in [0.25, 0.3) is 0 Å². The lowest BCUT2D eigenvalue weighted by Crippen LogP contribution is -2.21. The van der Waals surface area contributed by atoms with Crippen molar-refractivity contribution in [2.45, 2.75) is 25.8 Å². The number of carboxylic acids is 1. The third kappa shape index (κ3) is 2.04. The molecule has 0 spiro atoms. The van der Waals surface area contributed by atoms with Gasteiger partial charge in [-0.25, -0.2) is 14.8 Å². The van der Waals surface area contributed by atoms with E-state index < -0.39 is 5.97 Å². The van der Waals surface area contributed by atoms with Gasteiger partial charge in [-0.3, -0.25) is 4.90 Å². The molecule has 5 heteroatoms. The molecule has 0 aliphatic carbocycles. The summed E-state index contributed by atoms with van der Waals surface area (Å²) >= 11 is 0. The van der Waals surface area contributed by atoms with Gasteiger partial charge in [0.1, 0.15) is 5.82 Å². The molecule has 1 aromatic heterocycles. The highest BCUT2D eigenvalue weighted by molar-refractivity contribution is 5.85. The van der Waals surface area contributed by atoms with Crippen LogP contribution in [0.1, 0.15) is 40.9 Å². The van der Waals surface area contributed by atoms with Gasteiger partial charge in [0, 0.05) is 5.69 Å². The average molecular weight is 221 g/mol. The SMILES string of the molecule is Cc1cc(C(=O)O)nc([C@H]2CCCN2C)n1. The fraction of sp³-hybridized carbons (Fsp3) is 0.545. The minimum Gasteiger partial charge on any atom is -0.477 e. The lowest BCUT2D eigenvalue weighted by molar-refractivity contribution is 0.0689. The molecule has 1 atom stereocenters. The molecule has 0 bridgehead atoms. The Morgan fingerprint density at radius 1 is 1.56 bits per heavy atom. The largest absolute Gasteiger partial charge is 0.477 e. The molecule has 0 amide bonds. The van der Waals surface area contributed by atoms with Crippen molar-refractivity contribution in [3.05, 3.63) is 23.3 Å². The Labute approximate surface area is 94.1 Å². The Balaban J connectivity index is 2.37. The van der Waals surface area contributed by atoms with Crippen molar-refractivity contribution in [3.63, 3.8) is 0 Å². The number of aromatic carboxylic acids is 1. The summed E-state index contributed by atoms with van der Waals surface area (Å²) < 4.78 is 0. The molecular weight excluding hydrogens is 206 g/mol. The van der Waals surface area contributed by atoms with E-state index in [9.17, 15) is 4.79 Å². The minimum absolute atomic E-state index is 0.0859. The van der Waals surface area contributed by atoms with Crippen molar-refractivity contribution < 1.29 is 9.90 Å². The molecule has 2 heterocycles. The van der Waals surface area contributed by atoms with Crippen LogP contribution in [0.15, 0.2) is 6.07 Å². The maximum absolute atomic E-state index is 10.9. The molecule has 1 aliphatic rings. The maximum atomic E-state index is 10.9.